The van der Waals surface area contributed by atoms with Gasteiger partial charge < -0.3 is 9.32 Å². The van der Waals surface area contributed by atoms with Gasteiger partial charge in [0.05, 0.1) is 11.0 Å². The van der Waals surface area contributed by atoms with E-state index in [1.165, 1.54) is 0 Å². The molecule has 1 aliphatic carbocycles. The second-order valence-electron chi connectivity index (χ2n) is 11.2. The van der Waals surface area contributed by atoms with Crippen LogP contribution in [-0.4, -0.2) is 53.5 Å². The molecule has 0 aromatic heterocycles. The van der Waals surface area contributed by atoms with Gasteiger partial charge in [-0.1, -0.05) is 19.9 Å². The number of nitrogens with one attached hydrogen (secondary N) is 1. The molecule has 0 spiro atoms. The van der Waals surface area contributed by atoms with Crippen LogP contribution in [-0.2, 0) is 19.7 Å². The standard InChI is InChI=1S/C35H47N4O5S.CH4/c1-6-38(7-2)26-14-17-31-33(22-26)44-34-23-27(39(8-3)9-4)15-18-32(34)35(31)30-19-16-29(21-25(30)5)45(41,42)37-20-12-10-11-13-28(40)24-43-36;/h14-19,21-23,37H,6-13,20,24,36H2,1-5H3;1H4/q+1;. The van der Waals surface area contributed by atoms with Crippen LogP contribution < -0.4 is 25.5 Å². The highest BCUT2D eigenvalue weighted by Crippen LogP contribution is 2.42. The summed E-state index contributed by atoms with van der Waals surface area (Å²) in [5.74, 6) is 5.66. The van der Waals surface area contributed by atoms with Crippen molar-refractivity contribution in [2.45, 2.75) is 72.6 Å². The van der Waals surface area contributed by atoms with Gasteiger partial charge in [-0.05, 0) is 88.9 Å². The van der Waals surface area contributed by atoms with E-state index < -0.39 is 10.0 Å². The zero-order chi connectivity index (χ0) is 32.6. The van der Waals surface area contributed by atoms with E-state index in [4.69, 9.17) is 10.3 Å². The maximum atomic E-state index is 13.2. The number of carbonyl (C=O) groups is 1. The first-order chi connectivity index (χ1) is 21.7. The summed E-state index contributed by atoms with van der Waals surface area (Å²) in [6, 6.07) is 18.0. The van der Waals surface area contributed by atoms with Gasteiger partial charge in [-0.25, -0.2) is 23.6 Å². The SMILES string of the molecule is C.CCN(CC)c1ccc2c(-c3ccc(S(=O)(=O)NCCCCCC(=O)CON)cc3C)c3ccc(=[N+](CC)CC)cc-3oc2c1. The number of anilines is 1. The van der Waals surface area contributed by atoms with Gasteiger partial charge in [-0.15, -0.1) is 0 Å². The molecule has 9 nitrogen and oxygen atoms in total. The number of unbranched alkanes of at least 4 members (excludes halogenated alkanes) is 2. The number of benzene rings is 3. The molecule has 46 heavy (non-hydrogen) atoms. The fourth-order valence-electron chi connectivity index (χ4n) is 5.89. The molecule has 1 heterocycles. The van der Waals surface area contributed by atoms with E-state index in [2.05, 4.69) is 83.1 Å². The van der Waals surface area contributed by atoms with Gasteiger partial charge in [0, 0.05) is 60.4 Å². The molecule has 0 amide bonds. The first kappa shape index (κ1) is 36.9. The lowest BCUT2D eigenvalue weighted by atomic mass is 9.91. The summed E-state index contributed by atoms with van der Waals surface area (Å²) in [5, 5.41) is 2.07. The molecule has 0 bridgehead atoms. The van der Waals surface area contributed by atoms with E-state index in [1.54, 1.807) is 12.1 Å². The minimum Gasteiger partial charge on any atom is -0.456 e. The van der Waals surface area contributed by atoms with Gasteiger partial charge in [0.1, 0.15) is 31.0 Å². The van der Waals surface area contributed by atoms with Crippen LogP contribution in [0, 0.1) is 6.92 Å². The summed E-state index contributed by atoms with van der Waals surface area (Å²) in [7, 11) is -3.70. The number of rotatable bonds is 16. The van der Waals surface area contributed by atoms with E-state index >= 15 is 0 Å². The Morgan fingerprint density at radius 3 is 2.30 bits per heavy atom. The minimum absolute atomic E-state index is 0. The Morgan fingerprint density at radius 2 is 1.65 bits per heavy atom. The summed E-state index contributed by atoms with van der Waals surface area (Å²) in [4.78, 5) is 18.4. The van der Waals surface area contributed by atoms with Gasteiger partial charge in [-0.3, -0.25) is 9.63 Å². The quantitative estimate of drug-likeness (QED) is 0.0650. The molecule has 1 aliphatic heterocycles. The van der Waals surface area contributed by atoms with Crippen LogP contribution in [0.2, 0.25) is 0 Å². The summed E-state index contributed by atoms with van der Waals surface area (Å²) < 4.78 is 38.0. The second kappa shape index (κ2) is 16.8. The molecular weight excluding hydrogens is 600 g/mol. The number of Topliss-reactive ketones (excluding diaryl/α,β-unsaturated/α-hetero) is 1. The van der Waals surface area contributed by atoms with E-state index in [0.717, 1.165) is 82.6 Å². The zero-order valence-corrected chi connectivity index (χ0v) is 28.0. The molecular formula is C36H51N4O5S+. The maximum absolute atomic E-state index is 13.2. The van der Waals surface area contributed by atoms with Crippen molar-refractivity contribution in [1.29, 1.82) is 0 Å². The highest BCUT2D eigenvalue weighted by atomic mass is 32.2. The number of fused-ring (bicyclic) bond motifs is 2. The molecule has 250 valence electrons. The van der Waals surface area contributed by atoms with E-state index in [1.807, 2.05) is 13.0 Å². The van der Waals surface area contributed by atoms with Gasteiger partial charge in [0.25, 0.3) is 0 Å². The van der Waals surface area contributed by atoms with Gasteiger partial charge >= 0.3 is 0 Å². The van der Waals surface area contributed by atoms with Crippen molar-refractivity contribution in [3.05, 3.63) is 65.5 Å². The maximum Gasteiger partial charge on any atom is 0.240 e. The van der Waals surface area contributed by atoms with Crippen molar-refractivity contribution in [1.82, 2.24) is 9.30 Å². The summed E-state index contributed by atoms with van der Waals surface area (Å²) in [5.41, 5.74) is 5.69. The van der Waals surface area contributed by atoms with Gasteiger partial charge in [0.2, 0.25) is 15.4 Å². The van der Waals surface area contributed by atoms with Crippen molar-refractivity contribution < 1.29 is 22.5 Å². The third-order valence-corrected chi connectivity index (χ3v) is 9.85. The Morgan fingerprint density at radius 1 is 0.935 bits per heavy atom. The molecule has 4 rings (SSSR count). The normalized spacial score (nSPS) is 11.5. The summed E-state index contributed by atoms with van der Waals surface area (Å²) in [6.07, 6.45) is 2.38. The largest absolute Gasteiger partial charge is 0.456 e. The zero-order valence-electron chi connectivity index (χ0n) is 27.2. The van der Waals surface area contributed by atoms with Crippen LogP contribution in [0.3, 0.4) is 0 Å². The summed E-state index contributed by atoms with van der Waals surface area (Å²) in [6.45, 7) is 14.3. The van der Waals surface area contributed by atoms with Crippen LogP contribution in [0.1, 0.15) is 66.4 Å². The molecule has 0 radical (unpaired) electrons. The average Bonchev–Trinajstić information content (AvgIpc) is 3.03. The first-order valence-corrected chi connectivity index (χ1v) is 17.4. The Labute approximate surface area is 274 Å². The number of nitrogens with two attached hydrogens (primary N) is 1. The monoisotopic (exact) mass is 651 g/mol. The predicted molar refractivity (Wildman–Crippen MR) is 188 cm³/mol. The number of carbonyl (C=O) groups excluding carboxylic acids is 1. The lowest BCUT2D eigenvalue weighted by molar-refractivity contribution is -0.123. The lowest BCUT2D eigenvalue weighted by Crippen LogP contribution is -2.29. The Balaban J connectivity index is 0.00000576. The third-order valence-electron chi connectivity index (χ3n) is 8.39. The highest BCUT2D eigenvalue weighted by Gasteiger charge is 2.22. The van der Waals surface area contributed by atoms with Crippen molar-refractivity contribution >= 4 is 32.5 Å². The number of aryl methyl sites for hydroxylation is 1. The number of nitrogens with zero attached hydrogens (tertiary/aromatic N) is 2. The van der Waals surface area contributed by atoms with Crippen LogP contribution in [0.4, 0.5) is 5.69 Å². The van der Waals surface area contributed by atoms with Crippen LogP contribution in [0.5, 0.6) is 0 Å². The summed E-state index contributed by atoms with van der Waals surface area (Å²) >= 11 is 0. The average molecular weight is 652 g/mol. The number of ketones is 1. The van der Waals surface area contributed by atoms with Crippen molar-refractivity contribution in [2.24, 2.45) is 5.90 Å². The molecule has 0 unspecified atom stereocenters. The first-order valence-electron chi connectivity index (χ1n) is 15.9. The lowest BCUT2D eigenvalue weighted by Gasteiger charge is -2.22. The molecule has 0 fully saturated rings. The smallest absolute Gasteiger partial charge is 0.240 e. The fraction of sp³-hybridized carbons (Fsp3) is 0.444. The van der Waals surface area contributed by atoms with Crippen LogP contribution in [0.25, 0.3) is 33.4 Å². The van der Waals surface area contributed by atoms with E-state index in [9.17, 15) is 13.2 Å². The number of sulfonamides is 1. The predicted octanol–water partition coefficient (Wildman–Crippen LogP) is 6.11. The van der Waals surface area contributed by atoms with Gasteiger partial charge in [-0.2, -0.15) is 0 Å². The van der Waals surface area contributed by atoms with Crippen molar-refractivity contribution in [3.63, 3.8) is 0 Å². The fourth-order valence-corrected chi connectivity index (χ4v) is 7.05. The third kappa shape index (κ3) is 8.41. The molecule has 0 saturated carbocycles. The Hall–Kier alpha value is -3.57. The number of hydrogen-bond acceptors (Lipinski definition) is 7. The molecule has 0 saturated heterocycles. The Bertz CT molecular complexity index is 1770. The molecule has 0 atom stereocenters. The van der Waals surface area contributed by atoms with Crippen molar-refractivity contribution in [2.75, 3.05) is 44.2 Å². The molecule has 2 aromatic rings. The topological polar surface area (TPSA) is 118 Å². The minimum atomic E-state index is -3.70. The van der Waals surface area contributed by atoms with E-state index in [-0.39, 0.29) is 24.7 Å². The highest BCUT2D eigenvalue weighted by molar-refractivity contribution is 7.89. The molecule has 3 N–H and O–H groups in total. The van der Waals surface area contributed by atoms with Crippen LogP contribution >= 0.6 is 0 Å². The second-order valence-corrected chi connectivity index (χ2v) is 13.0. The molecule has 2 aromatic carbocycles. The molecule has 10 heteroatoms. The number of hydrogen-bond donors (Lipinski definition) is 2. The van der Waals surface area contributed by atoms with Crippen molar-refractivity contribution in [3.8, 4) is 22.5 Å². The van der Waals surface area contributed by atoms with Crippen LogP contribution in [0.15, 0.2) is 63.9 Å². The van der Waals surface area contributed by atoms with E-state index in [0.29, 0.717) is 25.8 Å². The Kier molecular flexibility index (Phi) is 13.5. The molecule has 2 aliphatic rings. The van der Waals surface area contributed by atoms with Gasteiger partial charge in [0.15, 0.2) is 5.78 Å².